The number of carboxylic acid groups (broad SMARTS) is 1. The van der Waals surface area contributed by atoms with Gasteiger partial charge < -0.3 is 10.0 Å². The number of pyridine rings is 1. The van der Waals surface area contributed by atoms with E-state index in [1.165, 1.54) is 32.4 Å². The van der Waals surface area contributed by atoms with Gasteiger partial charge in [0, 0.05) is 23.5 Å². The van der Waals surface area contributed by atoms with Crippen molar-refractivity contribution >= 4 is 28.2 Å². The van der Waals surface area contributed by atoms with Crippen LogP contribution in [0.4, 0.5) is 0 Å². The SMILES string of the molecule is O=C(O)c1c(CN2CCC(N3CCCCC3)CC2)c(-c2cccs2)nc2ccccc12. The second kappa shape index (κ2) is 9.07. The van der Waals surface area contributed by atoms with Gasteiger partial charge >= 0.3 is 5.97 Å². The number of carboxylic acids is 1. The maximum atomic E-state index is 12.4. The lowest BCUT2D eigenvalue weighted by Gasteiger charge is -2.40. The number of benzene rings is 1. The van der Waals surface area contributed by atoms with E-state index in [-0.39, 0.29) is 0 Å². The van der Waals surface area contributed by atoms with Gasteiger partial charge in [-0.1, -0.05) is 30.7 Å². The van der Waals surface area contributed by atoms with E-state index in [2.05, 4.69) is 9.80 Å². The van der Waals surface area contributed by atoms with E-state index < -0.39 is 5.97 Å². The van der Waals surface area contributed by atoms with Crippen molar-refractivity contribution < 1.29 is 9.90 Å². The monoisotopic (exact) mass is 435 g/mol. The Morgan fingerprint density at radius 1 is 1.03 bits per heavy atom. The number of nitrogens with zero attached hydrogens (tertiary/aromatic N) is 3. The number of para-hydroxylation sites is 1. The van der Waals surface area contributed by atoms with Crippen LogP contribution >= 0.6 is 11.3 Å². The molecule has 31 heavy (non-hydrogen) atoms. The Morgan fingerprint density at radius 3 is 2.52 bits per heavy atom. The van der Waals surface area contributed by atoms with Gasteiger partial charge in [-0.3, -0.25) is 4.90 Å². The van der Waals surface area contributed by atoms with Crippen molar-refractivity contribution in [3.8, 4) is 10.6 Å². The number of aromatic carboxylic acids is 1. The molecule has 0 atom stereocenters. The van der Waals surface area contributed by atoms with Crippen molar-refractivity contribution in [3.63, 3.8) is 0 Å². The van der Waals surface area contributed by atoms with Gasteiger partial charge in [0.15, 0.2) is 0 Å². The molecule has 1 N–H and O–H groups in total. The zero-order chi connectivity index (χ0) is 21.2. The summed E-state index contributed by atoms with van der Waals surface area (Å²) in [5, 5.41) is 12.9. The largest absolute Gasteiger partial charge is 0.478 e. The molecule has 4 heterocycles. The second-order valence-electron chi connectivity index (χ2n) is 8.72. The molecule has 2 saturated heterocycles. The Kier molecular flexibility index (Phi) is 6.03. The summed E-state index contributed by atoms with van der Waals surface area (Å²) in [6.07, 6.45) is 6.35. The Balaban J connectivity index is 1.45. The maximum absolute atomic E-state index is 12.4. The first-order valence-electron chi connectivity index (χ1n) is 11.4. The lowest BCUT2D eigenvalue weighted by atomic mass is 9.96. The standard InChI is InChI=1S/C25H29N3O2S/c29-25(30)23-19-7-2-3-8-21(19)26-24(22-9-6-16-31-22)20(23)17-27-14-10-18(11-15-27)28-12-4-1-5-13-28/h2-3,6-9,16,18H,1,4-5,10-15,17H2,(H,29,30). The zero-order valence-electron chi connectivity index (χ0n) is 17.8. The minimum absolute atomic E-state index is 0.409. The van der Waals surface area contributed by atoms with Crippen LogP contribution in [0.1, 0.15) is 48.0 Å². The molecule has 0 saturated carbocycles. The fraction of sp³-hybridized carbons (Fsp3) is 0.440. The molecule has 2 aliphatic rings. The number of piperidine rings is 2. The van der Waals surface area contributed by atoms with Gasteiger partial charge in [0.05, 0.1) is 21.7 Å². The van der Waals surface area contributed by atoms with E-state index in [9.17, 15) is 9.90 Å². The van der Waals surface area contributed by atoms with Gasteiger partial charge in [0.1, 0.15) is 0 Å². The van der Waals surface area contributed by atoms with Gasteiger partial charge in [-0.25, -0.2) is 9.78 Å². The molecule has 0 spiro atoms. The number of likely N-dealkylation sites (tertiary alicyclic amines) is 2. The number of fused-ring (bicyclic) bond motifs is 1. The van der Waals surface area contributed by atoms with Crippen LogP contribution in [-0.4, -0.2) is 58.1 Å². The van der Waals surface area contributed by atoms with Crippen LogP contribution in [0.3, 0.4) is 0 Å². The van der Waals surface area contributed by atoms with Crippen LogP contribution in [0.2, 0.25) is 0 Å². The Morgan fingerprint density at radius 2 is 1.81 bits per heavy atom. The van der Waals surface area contributed by atoms with E-state index in [4.69, 9.17) is 4.98 Å². The van der Waals surface area contributed by atoms with Crippen molar-refractivity contribution in [2.24, 2.45) is 0 Å². The van der Waals surface area contributed by atoms with E-state index >= 15 is 0 Å². The first kappa shape index (κ1) is 20.6. The second-order valence-corrected chi connectivity index (χ2v) is 9.67. The Labute approximate surface area is 187 Å². The first-order valence-corrected chi connectivity index (χ1v) is 12.2. The van der Waals surface area contributed by atoms with Gasteiger partial charge in [-0.2, -0.15) is 0 Å². The summed E-state index contributed by atoms with van der Waals surface area (Å²) in [4.78, 5) is 23.5. The predicted molar refractivity (Wildman–Crippen MR) is 126 cm³/mol. The maximum Gasteiger partial charge on any atom is 0.336 e. The molecule has 162 valence electrons. The Bertz CT molecular complexity index is 1050. The topological polar surface area (TPSA) is 56.7 Å². The van der Waals surface area contributed by atoms with Crippen molar-refractivity contribution in [1.29, 1.82) is 0 Å². The van der Waals surface area contributed by atoms with Crippen LogP contribution in [0, 0.1) is 0 Å². The van der Waals surface area contributed by atoms with Crippen LogP contribution < -0.4 is 0 Å². The summed E-state index contributed by atoms with van der Waals surface area (Å²) in [7, 11) is 0. The molecule has 0 bridgehead atoms. The molecule has 5 nitrogen and oxygen atoms in total. The van der Waals surface area contributed by atoms with Gasteiger partial charge in [-0.15, -0.1) is 11.3 Å². The van der Waals surface area contributed by atoms with Crippen LogP contribution in [-0.2, 0) is 6.54 Å². The normalized spacial score (nSPS) is 19.1. The molecule has 6 heteroatoms. The molecule has 0 unspecified atom stereocenters. The number of hydrogen-bond acceptors (Lipinski definition) is 5. The minimum atomic E-state index is -0.866. The van der Waals surface area contributed by atoms with E-state index in [1.54, 1.807) is 11.3 Å². The molecule has 0 amide bonds. The smallest absolute Gasteiger partial charge is 0.336 e. The van der Waals surface area contributed by atoms with Crippen molar-refractivity contribution in [1.82, 2.24) is 14.8 Å². The van der Waals surface area contributed by atoms with Crippen LogP contribution in [0.15, 0.2) is 41.8 Å². The molecule has 2 aromatic heterocycles. The highest BCUT2D eigenvalue weighted by Gasteiger charge is 2.28. The molecular formula is C25H29N3O2S. The molecule has 0 radical (unpaired) electrons. The lowest BCUT2D eigenvalue weighted by Crippen LogP contribution is -2.46. The van der Waals surface area contributed by atoms with Crippen LogP contribution in [0.25, 0.3) is 21.5 Å². The molecule has 2 fully saturated rings. The third-order valence-corrected chi connectivity index (χ3v) is 7.68. The number of carbonyl (C=O) groups is 1. The molecular weight excluding hydrogens is 406 g/mol. The van der Waals surface area contributed by atoms with Gasteiger partial charge in [-0.05, 0) is 69.4 Å². The van der Waals surface area contributed by atoms with Gasteiger partial charge in [0.2, 0.25) is 0 Å². The summed E-state index contributed by atoms with van der Waals surface area (Å²) in [5.74, 6) is -0.866. The number of aromatic nitrogens is 1. The average Bonchev–Trinajstić information content (AvgIpc) is 3.34. The lowest BCUT2D eigenvalue weighted by molar-refractivity contribution is 0.0692. The van der Waals surface area contributed by atoms with E-state index in [1.807, 2.05) is 41.8 Å². The first-order chi connectivity index (χ1) is 15.2. The fourth-order valence-corrected chi connectivity index (χ4v) is 5.96. The number of thiophene rings is 1. The molecule has 0 aliphatic carbocycles. The Hall–Kier alpha value is -2.28. The minimum Gasteiger partial charge on any atom is -0.478 e. The number of rotatable bonds is 5. The molecule has 5 rings (SSSR count). The highest BCUT2D eigenvalue weighted by atomic mass is 32.1. The third-order valence-electron chi connectivity index (χ3n) is 6.81. The highest BCUT2D eigenvalue weighted by Crippen LogP contribution is 2.34. The third kappa shape index (κ3) is 4.25. The van der Waals surface area contributed by atoms with Crippen LogP contribution in [0.5, 0.6) is 0 Å². The average molecular weight is 436 g/mol. The molecule has 2 aliphatic heterocycles. The molecule has 3 aromatic rings. The summed E-state index contributed by atoms with van der Waals surface area (Å²) in [6, 6.07) is 12.3. The summed E-state index contributed by atoms with van der Waals surface area (Å²) >= 11 is 1.62. The summed E-state index contributed by atoms with van der Waals surface area (Å²) < 4.78 is 0. The van der Waals surface area contributed by atoms with Crippen molar-refractivity contribution in [3.05, 3.63) is 52.9 Å². The fourth-order valence-electron chi connectivity index (χ4n) is 5.22. The van der Waals surface area contributed by atoms with E-state index in [0.717, 1.165) is 53.0 Å². The predicted octanol–water partition coefficient (Wildman–Crippen LogP) is 5.11. The van der Waals surface area contributed by atoms with Gasteiger partial charge in [0.25, 0.3) is 0 Å². The highest BCUT2D eigenvalue weighted by molar-refractivity contribution is 7.13. The quantitative estimate of drug-likeness (QED) is 0.603. The molecule has 1 aromatic carbocycles. The zero-order valence-corrected chi connectivity index (χ0v) is 18.6. The number of hydrogen-bond donors (Lipinski definition) is 1. The van der Waals surface area contributed by atoms with Crippen molar-refractivity contribution in [2.45, 2.75) is 44.7 Å². The summed E-state index contributed by atoms with van der Waals surface area (Å²) in [6.45, 7) is 5.14. The summed E-state index contributed by atoms with van der Waals surface area (Å²) in [5.41, 5.74) is 2.83. The van der Waals surface area contributed by atoms with Crippen molar-refractivity contribution in [2.75, 3.05) is 26.2 Å². The van der Waals surface area contributed by atoms with E-state index in [0.29, 0.717) is 18.2 Å².